The van der Waals surface area contributed by atoms with Gasteiger partial charge in [-0.05, 0) is 61.9 Å². The van der Waals surface area contributed by atoms with Crippen LogP contribution in [-0.2, 0) is 11.0 Å². The first-order valence-electron chi connectivity index (χ1n) is 7.57. The minimum Gasteiger partial charge on any atom is -0.491 e. The number of alkyl halides is 3. The minimum absolute atomic E-state index is 0.0241. The van der Waals surface area contributed by atoms with Crippen LogP contribution in [0.3, 0.4) is 0 Å². The molecule has 0 aliphatic rings. The lowest BCUT2D eigenvalue weighted by Gasteiger charge is -2.14. The summed E-state index contributed by atoms with van der Waals surface area (Å²) in [4.78, 5) is 10.5. The maximum Gasteiger partial charge on any atom is 0.416 e. The lowest BCUT2D eigenvalue weighted by atomic mass is 10.2. The molecule has 0 amide bonds. The van der Waals surface area contributed by atoms with Gasteiger partial charge in [-0.15, -0.1) is 0 Å². The van der Waals surface area contributed by atoms with Crippen molar-refractivity contribution in [3.05, 3.63) is 54.1 Å². The van der Waals surface area contributed by atoms with Crippen LogP contribution in [0.25, 0.3) is 0 Å². The van der Waals surface area contributed by atoms with Crippen molar-refractivity contribution >= 4 is 5.97 Å². The second-order valence-corrected chi connectivity index (χ2v) is 5.46. The molecule has 7 heteroatoms. The van der Waals surface area contributed by atoms with Crippen LogP contribution in [0.1, 0.15) is 25.3 Å². The van der Waals surface area contributed by atoms with Crippen LogP contribution in [-0.4, -0.2) is 17.2 Å². The van der Waals surface area contributed by atoms with E-state index in [1.807, 2.05) is 0 Å². The van der Waals surface area contributed by atoms with Gasteiger partial charge in [0.2, 0.25) is 0 Å². The first-order valence-corrected chi connectivity index (χ1v) is 7.57. The Labute approximate surface area is 142 Å². The molecule has 2 aromatic rings. The lowest BCUT2D eigenvalue weighted by molar-refractivity contribution is -0.138. The van der Waals surface area contributed by atoms with Gasteiger partial charge in [0.15, 0.2) is 0 Å². The molecule has 0 saturated carbocycles. The number of rotatable bonds is 7. The molecule has 0 aromatic heterocycles. The fourth-order valence-electron chi connectivity index (χ4n) is 2.05. The van der Waals surface area contributed by atoms with Crippen molar-refractivity contribution in [1.82, 2.24) is 0 Å². The highest BCUT2D eigenvalue weighted by Crippen LogP contribution is 2.31. The summed E-state index contributed by atoms with van der Waals surface area (Å²) in [6, 6.07) is 11.0. The van der Waals surface area contributed by atoms with Crippen LogP contribution in [0.2, 0.25) is 0 Å². The summed E-state index contributed by atoms with van der Waals surface area (Å²) >= 11 is 0. The van der Waals surface area contributed by atoms with Crippen molar-refractivity contribution in [2.75, 3.05) is 0 Å². The molecule has 0 heterocycles. The van der Waals surface area contributed by atoms with Crippen molar-refractivity contribution in [3.8, 4) is 17.2 Å². The van der Waals surface area contributed by atoms with Crippen LogP contribution in [0.4, 0.5) is 13.2 Å². The van der Waals surface area contributed by atoms with Crippen molar-refractivity contribution in [2.45, 2.75) is 32.0 Å². The van der Waals surface area contributed by atoms with E-state index in [2.05, 4.69) is 0 Å². The molecule has 1 N–H and O–H groups in total. The molecule has 0 spiro atoms. The number of carboxylic acids is 1. The Hall–Kier alpha value is -2.70. The fourth-order valence-corrected chi connectivity index (χ4v) is 2.05. The van der Waals surface area contributed by atoms with E-state index < -0.39 is 17.7 Å². The third kappa shape index (κ3) is 6.02. The van der Waals surface area contributed by atoms with Gasteiger partial charge in [-0.2, -0.15) is 13.2 Å². The summed E-state index contributed by atoms with van der Waals surface area (Å²) < 4.78 is 48.6. The Bertz CT molecular complexity index is 694. The second-order valence-electron chi connectivity index (χ2n) is 5.46. The molecule has 2 aromatic carbocycles. The summed E-state index contributed by atoms with van der Waals surface area (Å²) in [6.45, 7) is 1.77. The van der Waals surface area contributed by atoms with Gasteiger partial charge < -0.3 is 14.6 Å². The van der Waals surface area contributed by atoms with Crippen molar-refractivity contribution in [2.24, 2.45) is 0 Å². The molecule has 4 nitrogen and oxygen atoms in total. The van der Waals surface area contributed by atoms with Gasteiger partial charge in [0.05, 0.1) is 11.7 Å². The molecule has 0 saturated heterocycles. The molecule has 0 aliphatic heterocycles. The average Bonchev–Trinajstić information content (AvgIpc) is 2.54. The Morgan fingerprint density at radius 2 is 1.48 bits per heavy atom. The monoisotopic (exact) mass is 354 g/mol. The number of hydrogen-bond acceptors (Lipinski definition) is 3. The smallest absolute Gasteiger partial charge is 0.416 e. The third-order valence-corrected chi connectivity index (χ3v) is 3.34. The Morgan fingerprint density at radius 3 is 1.96 bits per heavy atom. The molecule has 0 radical (unpaired) electrons. The number of halogens is 3. The maximum absolute atomic E-state index is 12.5. The number of hydrogen-bond donors (Lipinski definition) is 1. The molecular weight excluding hydrogens is 337 g/mol. The first kappa shape index (κ1) is 18.6. The van der Waals surface area contributed by atoms with E-state index in [1.54, 1.807) is 31.2 Å². The van der Waals surface area contributed by atoms with Crippen molar-refractivity contribution in [1.29, 1.82) is 0 Å². The maximum atomic E-state index is 12.5. The molecular formula is C18H17F3O4. The Morgan fingerprint density at radius 1 is 1.00 bits per heavy atom. The van der Waals surface area contributed by atoms with Gasteiger partial charge in [-0.3, -0.25) is 4.79 Å². The molecule has 2 rings (SSSR count). The third-order valence-electron chi connectivity index (χ3n) is 3.34. The quantitative estimate of drug-likeness (QED) is 0.749. The largest absolute Gasteiger partial charge is 0.491 e. The molecule has 1 atom stereocenters. The van der Waals surface area contributed by atoms with Gasteiger partial charge in [-0.25, -0.2) is 0 Å². The van der Waals surface area contributed by atoms with E-state index in [0.29, 0.717) is 17.9 Å². The van der Waals surface area contributed by atoms with Gasteiger partial charge in [-0.1, -0.05) is 0 Å². The first-order chi connectivity index (χ1) is 11.7. The highest BCUT2D eigenvalue weighted by atomic mass is 19.4. The van der Waals surface area contributed by atoms with E-state index >= 15 is 0 Å². The van der Waals surface area contributed by atoms with Gasteiger partial charge in [0.1, 0.15) is 17.2 Å². The van der Waals surface area contributed by atoms with Crippen molar-refractivity contribution in [3.63, 3.8) is 0 Å². The molecule has 25 heavy (non-hydrogen) atoms. The fraction of sp³-hybridized carbons (Fsp3) is 0.278. The summed E-state index contributed by atoms with van der Waals surface area (Å²) in [5.41, 5.74) is -0.737. The zero-order chi connectivity index (χ0) is 18.4. The number of ether oxygens (including phenoxy) is 2. The highest BCUT2D eigenvalue weighted by molar-refractivity contribution is 5.66. The van der Waals surface area contributed by atoms with Crippen LogP contribution in [0.5, 0.6) is 17.2 Å². The second kappa shape index (κ2) is 7.92. The SMILES string of the molecule is CC(CCC(=O)O)Oc1ccc(Oc2ccc(C(F)(F)F)cc2)cc1. The van der Waals surface area contributed by atoms with Gasteiger partial charge >= 0.3 is 12.1 Å². The highest BCUT2D eigenvalue weighted by Gasteiger charge is 2.30. The zero-order valence-corrected chi connectivity index (χ0v) is 13.4. The van der Waals surface area contributed by atoms with E-state index in [1.165, 1.54) is 12.1 Å². The summed E-state index contributed by atoms with van der Waals surface area (Å²) in [7, 11) is 0. The number of carbonyl (C=O) groups is 1. The zero-order valence-electron chi connectivity index (χ0n) is 13.4. The summed E-state index contributed by atoms with van der Waals surface area (Å²) in [6.07, 6.45) is -4.22. The van der Waals surface area contributed by atoms with Crippen LogP contribution < -0.4 is 9.47 Å². The normalized spacial score (nSPS) is 12.5. The molecule has 1 unspecified atom stereocenters. The topological polar surface area (TPSA) is 55.8 Å². The predicted octanol–water partition coefficient (Wildman–Crippen LogP) is 5.13. The van der Waals surface area contributed by atoms with Gasteiger partial charge in [0, 0.05) is 6.42 Å². The average molecular weight is 354 g/mol. The van der Waals surface area contributed by atoms with Crippen LogP contribution >= 0.6 is 0 Å². The van der Waals surface area contributed by atoms with E-state index in [0.717, 1.165) is 12.1 Å². The lowest BCUT2D eigenvalue weighted by Crippen LogP contribution is -2.13. The molecule has 0 bridgehead atoms. The standard InChI is InChI=1S/C18H17F3O4/c1-12(2-11-17(22)23)24-14-7-9-16(10-8-14)25-15-5-3-13(4-6-15)18(19,20)21/h3-10,12H,2,11H2,1H3,(H,22,23). The Kier molecular flexibility index (Phi) is 5.90. The molecule has 134 valence electrons. The number of benzene rings is 2. The van der Waals surface area contributed by atoms with Crippen molar-refractivity contribution < 1.29 is 32.5 Å². The predicted molar refractivity (Wildman–Crippen MR) is 84.9 cm³/mol. The van der Waals surface area contributed by atoms with E-state index in [9.17, 15) is 18.0 Å². The summed E-state index contributed by atoms with van der Waals surface area (Å²) in [5.74, 6) is 0.412. The number of aliphatic carboxylic acids is 1. The Balaban J connectivity index is 1.92. The number of carboxylic acid groups (broad SMARTS) is 1. The molecule has 0 aliphatic carbocycles. The van der Waals surface area contributed by atoms with E-state index in [-0.39, 0.29) is 18.3 Å². The minimum atomic E-state index is -4.38. The van der Waals surface area contributed by atoms with Gasteiger partial charge in [0.25, 0.3) is 0 Å². The van der Waals surface area contributed by atoms with E-state index in [4.69, 9.17) is 14.6 Å². The summed E-state index contributed by atoms with van der Waals surface area (Å²) in [5, 5.41) is 8.63. The molecule has 0 fully saturated rings. The van der Waals surface area contributed by atoms with Crippen LogP contribution in [0, 0.1) is 0 Å². The van der Waals surface area contributed by atoms with Crippen LogP contribution in [0.15, 0.2) is 48.5 Å².